The number of nitro benzene ring substituents is 1. The molecule has 0 radical (unpaired) electrons. The van der Waals surface area contributed by atoms with Gasteiger partial charge in [-0.1, -0.05) is 0 Å². The minimum absolute atomic E-state index is 0.137. The van der Waals surface area contributed by atoms with Crippen molar-refractivity contribution >= 4 is 40.0 Å². The third-order valence-electron chi connectivity index (χ3n) is 5.03. The molecule has 11 heteroatoms. The molecular weight excluding hydrogens is 474 g/mol. The van der Waals surface area contributed by atoms with Gasteiger partial charge in [-0.2, -0.15) is 5.26 Å². The number of esters is 1. The summed E-state index contributed by atoms with van der Waals surface area (Å²) in [5.74, 6) is -0.506. The smallest absolute Gasteiger partial charge is 0.341 e. The largest absolute Gasteiger partial charge is 0.496 e. The molecule has 0 unspecified atom stereocenters. The average Bonchev–Trinajstić information content (AvgIpc) is 3.40. The number of rotatable bonds is 8. The molecular formula is C24H21N3O7S. The molecule has 3 rings (SSSR count). The van der Waals surface area contributed by atoms with Crippen LogP contribution in [0.3, 0.4) is 0 Å². The molecule has 0 aliphatic carbocycles. The zero-order valence-electron chi connectivity index (χ0n) is 19.3. The Bertz CT molecular complexity index is 1380. The van der Waals surface area contributed by atoms with Gasteiger partial charge in [0.15, 0.2) is 0 Å². The van der Waals surface area contributed by atoms with E-state index in [-0.39, 0.29) is 34.9 Å². The van der Waals surface area contributed by atoms with E-state index in [9.17, 15) is 25.0 Å². The molecule has 0 aliphatic rings. The molecule has 0 atom stereocenters. The Morgan fingerprint density at radius 1 is 1.29 bits per heavy atom. The Morgan fingerprint density at radius 2 is 2.03 bits per heavy atom. The van der Waals surface area contributed by atoms with E-state index in [1.807, 2.05) is 13.0 Å². The van der Waals surface area contributed by atoms with Crippen LogP contribution in [0.2, 0.25) is 0 Å². The average molecular weight is 496 g/mol. The van der Waals surface area contributed by atoms with Crippen LogP contribution in [0.4, 0.5) is 10.7 Å². The minimum Gasteiger partial charge on any atom is -0.496 e. The summed E-state index contributed by atoms with van der Waals surface area (Å²) in [5.41, 5.74) is 1.02. The summed E-state index contributed by atoms with van der Waals surface area (Å²) in [6, 6.07) is 9.04. The number of carbonyl (C=O) groups excluding carboxylic acids is 2. The first kappa shape index (κ1) is 25.2. The molecule has 0 spiro atoms. The van der Waals surface area contributed by atoms with Gasteiger partial charge in [0.25, 0.3) is 11.6 Å². The Morgan fingerprint density at radius 3 is 2.66 bits per heavy atom. The number of amides is 1. The Kier molecular flexibility index (Phi) is 7.68. The second-order valence-electron chi connectivity index (χ2n) is 7.18. The number of carbonyl (C=O) groups is 2. The van der Waals surface area contributed by atoms with E-state index < -0.39 is 16.8 Å². The maximum atomic E-state index is 12.8. The standard InChI is InChI=1S/C24H21N3O7S/c1-5-33-24(29)21-13(2)14(3)35-23(21)26-22(28)15(12-25)10-17-7-9-19(34-17)18-8-6-16(27(30)31)11-20(18)32-4/h6-11H,5H2,1-4H3,(H,26,28)/b15-10+. The Labute approximate surface area is 204 Å². The van der Waals surface area contributed by atoms with Crippen molar-refractivity contribution in [2.24, 2.45) is 0 Å². The topological polar surface area (TPSA) is 145 Å². The van der Waals surface area contributed by atoms with Gasteiger partial charge < -0.3 is 19.2 Å². The maximum absolute atomic E-state index is 12.8. The summed E-state index contributed by atoms with van der Waals surface area (Å²) in [4.78, 5) is 36.5. The Hall–Kier alpha value is -4.43. The number of furan rings is 1. The number of non-ortho nitro benzene ring substituents is 1. The SMILES string of the molecule is CCOC(=O)c1c(NC(=O)/C(C#N)=C/c2ccc(-c3ccc([N+](=O)[O-])cc3OC)o2)sc(C)c1C. The molecule has 0 saturated carbocycles. The highest BCUT2D eigenvalue weighted by molar-refractivity contribution is 7.16. The summed E-state index contributed by atoms with van der Waals surface area (Å²) < 4.78 is 16.1. The van der Waals surface area contributed by atoms with Crippen LogP contribution in [-0.4, -0.2) is 30.5 Å². The van der Waals surface area contributed by atoms with Crippen molar-refractivity contribution in [2.45, 2.75) is 20.8 Å². The van der Waals surface area contributed by atoms with E-state index in [1.165, 1.54) is 42.7 Å². The number of nitro groups is 1. The number of benzene rings is 1. The van der Waals surface area contributed by atoms with E-state index >= 15 is 0 Å². The lowest BCUT2D eigenvalue weighted by Crippen LogP contribution is -2.16. The van der Waals surface area contributed by atoms with Gasteiger partial charge in [0, 0.05) is 17.0 Å². The zero-order valence-corrected chi connectivity index (χ0v) is 20.1. The zero-order chi connectivity index (χ0) is 25.7. The first-order valence-corrected chi connectivity index (χ1v) is 11.1. The van der Waals surface area contributed by atoms with Crippen LogP contribution in [-0.2, 0) is 9.53 Å². The lowest BCUT2D eigenvalue weighted by atomic mass is 10.1. The number of anilines is 1. The molecule has 35 heavy (non-hydrogen) atoms. The number of thiophene rings is 1. The molecule has 2 aromatic heterocycles. The summed E-state index contributed by atoms with van der Waals surface area (Å²) in [6.07, 6.45) is 1.26. The second kappa shape index (κ2) is 10.7. The summed E-state index contributed by atoms with van der Waals surface area (Å²) in [5, 5.41) is 23.5. The number of hydrogen-bond donors (Lipinski definition) is 1. The van der Waals surface area contributed by atoms with Crippen molar-refractivity contribution in [3.8, 4) is 23.1 Å². The van der Waals surface area contributed by atoms with Crippen LogP contribution in [0.1, 0.15) is 33.5 Å². The van der Waals surface area contributed by atoms with Gasteiger partial charge in [-0.3, -0.25) is 14.9 Å². The predicted octanol–water partition coefficient (Wildman–Crippen LogP) is 5.26. The van der Waals surface area contributed by atoms with Crippen LogP contribution >= 0.6 is 11.3 Å². The third kappa shape index (κ3) is 5.39. The Balaban J connectivity index is 1.88. The van der Waals surface area contributed by atoms with E-state index in [0.29, 0.717) is 21.9 Å². The van der Waals surface area contributed by atoms with Gasteiger partial charge in [-0.15, -0.1) is 11.3 Å². The number of nitrogens with zero attached hydrogens (tertiary/aromatic N) is 2. The quantitative estimate of drug-likeness (QED) is 0.146. The molecule has 0 bridgehead atoms. The molecule has 1 N–H and O–H groups in total. The fourth-order valence-electron chi connectivity index (χ4n) is 3.20. The molecule has 10 nitrogen and oxygen atoms in total. The molecule has 0 aliphatic heterocycles. The lowest BCUT2D eigenvalue weighted by molar-refractivity contribution is -0.384. The summed E-state index contributed by atoms with van der Waals surface area (Å²) >= 11 is 1.21. The van der Waals surface area contributed by atoms with Crippen molar-refractivity contribution in [3.63, 3.8) is 0 Å². The minimum atomic E-state index is -0.717. The molecule has 2 heterocycles. The number of nitrogens with one attached hydrogen (secondary N) is 1. The normalized spacial score (nSPS) is 11.0. The number of methoxy groups -OCH3 is 1. The highest BCUT2D eigenvalue weighted by atomic mass is 32.1. The first-order chi connectivity index (χ1) is 16.7. The highest BCUT2D eigenvalue weighted by Gasteiger charge is 2.23. The number of nitriles is 1. The number of aryl methyl sites for hydroxylation is 1. The van der Waals surface area contributed by atoms with E-state index in [1.54, 1.807) is 26.0 Å². The maximum Gasteiger partial charge on any atom is 0.341 e. The summed E-state index contributed by atoms with van der Waals surface area (Å²) in [6.45, 7) is 5.44. The predicted molar refractivity (Wildman–Crippen MR) is 129 cm³/mol. The second-order valence-corrected chi connectivity index (χ2v) is 8.40. The monoisotopic (exact) mass is 495 g/mol. The van der Waals surface area contributed by atoms with Crippen molar-refractivity contribution < 1.29 is 28.4 Å². The van der Waals surface area contributed by atoms with Gasteiger partial charge in [-0.25, -0.2) is 4.79 Å². The van der Waals surface area contributed by atoms with E-state index in [4.69, 9.17) is 13.9 Å². The van der Waals surface area contributed by atoms with Gasteiger partial charge in [0.05, 0.1) is 35.8 Å². The van der Waals surface area contributed by atoms with Crippen LogP contribution < -0.4 is 10.1 Å². The van der Waals surface area contributed by atoms with Crippen molar-refractivity contribution in [1.29, 1.82) is 5.26 Å². The van der Waals surface area contributed by atoms with Crippen LogP contribution in [0.15, 0.2) is 40.3 Å². The molecule has 3 aromatic rings. The third-order valence-corrected chi connectivity index (χ3v) is 6.15. The lowest BCUT2D eigenvalue weighted by Gasteiger charge is -2.07. The molecule has 1 aromatic carbocycles. The van der Waals surface area contributed by atoms with Crippen LogP contribution in [0, 0.1) is 35.3 Å². The van der Waals surface area contributed by atoms with Crippen molar-refractivity contribution in [3.05, 3.63) is 67.8 Å². The molecule has 0 saturated heterocycles. The van der Waals surface area contributed by atoms with Crippen molar-refractivity contribution in [1.82, 2.24) is 0 Å². The van der Waals surface area contributed by atoms with Crippen LogP contribution in [0.25, 0.3) is 17.4 Å². The van der Waals surface area contributed by atoms with Gasteiger partial charge >= 0.3 is 5.97 Å². The molecule has 1 amide bonds. The first-order valence-electron chi connectivity index (χ1n) is 10.3. The molecule has 180 valence electrons. The number of ether oxygens (including phenoxy) is 2. The fraction of sp³-hybridized carbons (Fsp3) is 0.208. The van der Waals surface area contributed by atoms with E-state index in [0.717, 1.165) is 4.88 Å². The molecule has 0 fully saturated rings. The van der Waals surface area contributed by atoms with Gasteiger partial charge in [0.1, 0.15) is 33.9 Å². The van der Waals surface area contributed by atoms with Crippen molar-refractivity contribution in [2.75, 3.05) is 19.0 Å². The van der Waals surface area contributed by atoms with E-state index in [2.05, 4.69) is 5.32 Å². The fourth-order valence-corrected chi connectivity index (χ4v) is 4.24. The van der Waals surface area contributed by atoms with Gasteiger partial charge in [0.2, 0.25) is 0 Å². The summed E-state index contributed by atoms with van der Waals surface area (Å²) in [7, 11) is 1.38. The number of hydrogen-bond acceptors (Lipinski definition) is 9. The van der Waals surface area contributed by atoms with Crippen LogP contribution in [0.5, 0.6) is 5.75 Å². The highest BCUT2D eigenvalue weighted by Crippen LogP contribution is 2.35. The van der Waals surface area contributed by atoms with Gasteiger partial charge in [-0.05, 0) is 44.5 Å².